The van der Waals surface area contributed by atoms with Gasteiger partial charge in [0.05, 0.1) is 0 Å². The van der Waals surface area contributed by atoms with Gasteiger partial charge in [0.1, 0.15) is 11.5 Å². The van der Waals surface area contributed by atoms with Crippen molar-refractivity contribution in [2.75, 3.05) is 0 Å². The van der Waals surface area contributed by atoms with Gasteiger partial charge in [0, 0.05) is 12.0 Å². The van der Waals surface area contributed by atoms with E-state index in [1.165, 1.54) is 5.56 Å². The molecule has 0 aliphatic heterocycles. The van der Waals surface area contributed by atoms with E-state index >= 15 is 0 Å². The monoisotopic (exact) mass is 226 g/mol. The van der Waals surface area contributed by atoms with Crippen LogP contribution in [0.4, 0.5) is 0 Å². The van der Waals surface area contributed by atoms with Crippen LogP contribution < -0.4 is 0 Å². The average Bonchev–Trinajstić information content (AvgIpc) is 2.72. The summed E-state index contributed by atoms with van der Waals surface area (Å²) in [6, 6.07) is 12.4. The molecule has 0 radical (unpaired) electrons. The lowest BCUT2D eigenvalue weighted by molar-refractivity contribution is 0.467. The Morgan fingerprint density at radius 2 is 1.94 bits per heavy atom. The standard InChI is InChI=1S/C16H18O/c1-4-16-15(13-8-6-5-7-9-13)11-14(17-16)10-12(2)3/h4-9,11-12H,1,10H2,2-3H3. The number of benzene rings is 1. The minimum absolute atomic E-state index is 0.599. The summed E-state index contributed by atoms with van der Waals surface area (Å²) >= 11 is 0. The third-order valence-corrected chi connectivity index (χ3v) is 2.69. The second kappa shape index (κ2) is 5.05. The van der Waals surface area contributed by atoms with Crippen LogP contribution in [0, 0.1) is 5.92 Å². The van der Waals surface area contributed by atoms with E-state index in [0.717, 1.165) is 23.5 Å². The van der Waals surface area contributed by atoms with Crippen molar-refractivity contribution in [3.63, 3.8) is 0 Å². The van der Waals surface area contributed by atoms with Crippen molar-refractivity contribution in [1.29, 1.82) is 0 Å². The maximum atomic E-state index is 5.81. The summed E-state index contributed by atoms with van der Waals surface area (Å²) in [5, 5.41) is 0. The first-order valence-electron chi connectivity index (χ1n) is 6.01. The van der Waals surface area contributed by atoms with E-state index in [1.54, 1.807) is 6.08 Å². The molecular formula is C16H18O. The fourth-order valence-corrected chi connectivity index (χ4v) is 1.96. The zero-order valence-corrected chi connectivity index (χ0v) is 10.4. The highest BCUT2D eigenvalue weighted by Crippen LogP contribution is 2.29. The molecule has 1 nitrogen and oxygen atoms in total. The van der Waals surface area contributed by atoms with Gasteiger partial charge in [-0.2, -0.15) is 0 Å². The SMILES string of the molecule is C=Cc1oc(CC(C)C)cc1-c1ccccc1. The average molecular weight is 226 g/mol. The quantitative estimate of drug-likeness (QED) is 0.730. The van der Waals surface area contributed by atoms with Gasteiger partial charge in [0.2, 0.25) is 0 Å². The summed E-state index contributed by atoms with van der Waals surface area (Å²) in [6.45, 7) is 8.20. The topological polar surface area (TPSA) is 13.1 Å². The van der Waals surface area contributed by atoms with Crippen molar-refractivity contribution in [1.82, 2.24) is 0 Å². The molecule has 0 unspecified atom stereocenters. The van der Waals surface area contributed by atoms with E-state index in [1.807, 2.05) is 18.2 Å². The van der Waals surface area contributed by atoms with Crippen LogP contribution in [0.2, 0.25) is 0 Å². The summed E-state index contributed by atoms with van der Waals surface area (Å²) < 4.78 is 5.81. The molecule has 0 atom stereocenters. The maximum Gasteiger partial charge on any atom is 0.134 e. The molecule has 0 aliphatic carbocycles. The molecule has 0 bridgehead atoms. The van der Waals surface area contributed by atoms with Gasteiger partial charge in [-0.25, -0.2) is 0 Å². The first-order valence-corrected chi connectivity index (χ1v) is 6.01. The van der Waals surface area contributed by atoms with E-state index in [-0.39, 0.29) is 0 Å². The minimum atomic E-state index is 0.599. The van der Waals surface area contributed by atoms with Crippen LogP contribution in [0.1, 0.15) is 25.4 Å². The predicted molar refractivity (Wildman–Crippen MR) is 72.8 cm³/mol. The normalized spacial score (nSPS) is 10.8. The third kappa shape index (κ3) is 2.68. The van der Waals surface area contributed by atoms with E-state index in [0.29, 0.717) is 5.92 Å². The van der Waals surface area contributed by atoms with Crippen LogP contribution in [0.5, 0.6) is 0 Å². The second-order valence-corrected chi connectivity index (χ2v) is 4.66. The van der Waals surface area contributed by atoms with Gasteiger partial charge >= 0.3 is 0 Å². The lowest BCUT2D eigenvalue weighted by atomic mass is 10.0. The summed E-state index contributed by atoms with van der Waals surface area (Å²) in [6.07, 6.45) is 2.75. The van der Waals surface area contributed by atoms with Gasteiger partial charge in [0.15, 0.2) is 0 Å². The van der Waals surface area contributed by atoms with Gasteiger partial charge in [0.25, 0.3) is 0 Å². The number of furan rings is 1. The predicted octanol–water partition coefficient (Wildman–Crippen LogP) is 4.79. The summed E-state index contributed by atoms with van der Waals surface area (Å²) in [7, 11) is 0. The molecule has 2 rings (SSSR count). The van der Waals surface area contributed by atoms with Crippen molar-refractivity contribution in [2.24, 2.45) is 5.92 Å². The lowest BCUT2D eigenvalue weighted by Gasteiger charge is -1.98. The van der Waals surface area contributed by atoms with Crippen LogP contribution >= 0.6 is 0 Å². The molecule has 2 aromatic rings. The first kappa shape index (κ1) is 11.7. The molecule has 0 saturated heterocycles. The molecule has 17 heavy (non-hydrogen) atoms. The Labute approximate surface area is 103 Å². The van der Waals surface area contributed by atoms with Crippen molar-refractivity contribution in [3.05, 3.63) is 54.5 Å². The molecule has 0 aliphatic rings. The zero-order chi connectivity index (χ0) is 12.3. The molecule has 0 spiro atoms. The Kier molecular flexibility index (Phi) is 3.48. The smallest absolute Gasteiger partial charge is 0.134 e. The Hall–Kier alpha value is -1.76. The third-order valence-electron chi connectivity index (χ3n) is 2.69. The maximum absolute atomic E-state index is 5.81. The molecule has 0 N–H and O–H groups in total. The molecule has 0 fully saturated rings. The Balaban J connectivity index is 2.40. The van der Waals surface area contributed by atoms with Gasteiger partial charge in [-0.05, 0) is 23.6 Å². The van der Waals surface area contributed by atoms with Gasteiger partial charge in [-0.15, -0.1) is 0 Å². The lowest BCUT2D eigenvalue weighted by Crippen LogP contribution is -1.90. The van der Waals surface area contributed by atoms with E-state index in [9.17, 15) is 0 Å². The highest BCUT2D eigenvalue weighted by Gasteiger charge is 2.11. The number of hydrogen-bond donors (Lipinski definition) is 0. The largest absolute Gasteiger partial charge is 0.461 e. The zero-order valence-electron chi connectivity index (χ0n) is 10.4. The van der Waals surface area contributed by atoms with E-state index < -0.39 is 0 Å². The van der Waals surface area contributed by atoms with E-state index in [4.69, 9.17) is 4.42 Å². The van der Waals surface area contributed by atoms with Crippen molar-refractivity contribution < 1.29 is 4.42 Å². The van der Waals surface area contributed by atoms with Gasteiger partial charge in [-0.1, -0.05) is 50.8 Å². The van der Waals surface area contributed by atoms with Crippen molar-refractivity contribution in [2.45, 2.75) is 20.3 Å². The highest BCUT2D eigenvalue weighted by atomic mass is 16.3. The summed E-state index contributed by atoms with van der Waals surface area (Å²) in [5.41, 5.74) is 2.32. The fourth-order valence-electron chi connectivity index (χ4n) is 1.96. The van der Waals surface area contributed by atoms with Crippen LogP contribution in [0.15, 0.2) is 47.4 Å². The molecule has 0 saturated carbocycles. The number of rotatable bonds is 4. The molecule has 88 valence electrons. The fraction of sp³-hybridized carbons (Fsp3) is 0.250. The van der Waals surface area contributed by atoms with E-state index in [2.05, 4.69) is 38.6 Å². The molecule has 1 aromatic heterocycles. The summed E-state index contributed by atoms with van der Waals surface area (Å²) in [5.74, 6) is 2.50. The number of hydrogen-bond acceptors (Lipinski definition) is 1. The summed E-state index contributed by atoms with van der Waals surface area (Å²) in [4.78, 5) is 0. The molecule has 1 heterocycles. The highest BCUT2D eigenvalue weighted by molar-refractivity contribution is 5.72. The van der Waals surface area contributed by atoms with Crippen molar-refractivity contribution in [3.8, 4) is 11.1 Å². The molecular weight excluding hydrogens is 208 g/mol. The van der Waals surface area contributed by atoms with Crippen LogP contribution in [-0.2, 0) is 6.42 Å². The second-order valence-electron chi connectivity index (χ2n) is 4.66. The van der Waals surface area contributed by atoms with Gasteiger partial charge < -0.3 is 4.42 Å². The van der Waals surface area contributed by atoms with Crippen molar-refractivity contribution >= 4 is 6.08 Å². The Bertz CT molecular complexity index is 491. The van der Waals surface area contributed by atoms with Crippen LogP contribution in [0.3, 0.4) is 0 Å². The van der Waals surface area contributed by atoms with Crippen LogP contribution in [0.25, 0.3) is 17.2 Å². The van der Waals surface area contributed by atoms with Gasteiger partial charge in [-0.3, -0.25) is 0 Å². The Morgan fingerprint density at radius 1 is 1.24 bits per heavy atom. The molecule has 1 heteroatoms. The van der Waals surface area contributed by atoms with Crippen LogP contribution in [-0.4, -0.2) is 0 Å². The first-order chi connectivity index (χ1) is 8.20. The minimum Gasteiger partial charge on any atom is -0.461 e. The Morgan fingerprint density at radius 3 is 2.53 bits per heavy atom. The molecule has 1 aromatic carbocycles. The molecule has 0 amide bonds.